The molecule has 0 aromatic heterocycles. The normalized spacial score (nSPS) is 11.0. The van der Waals surface area contributed by atoms with Gasteiger partial charge in [-0.25, -0.2) is 0 Å². The first-order valence-corrected chi connectivity index (χ1v) is 7.70. The fourth-order valence-corrected chi connectivity index (χ4v) is 2.29. The number of amides is 2. The molecule has 0 aliphatic carbocycles. The third kappa shape index (κ3) is 4.03. The van der Waals surface area contributed by atoms with E-state index in [9.17, 15) is 9.59 Å². The fourth-order valence-electron chi connectivity index (χ4n) is 1.80. The van der Waals surface area contributed by atoms with Gasteiger partial charge in [0.05, 0.1) is 15.7 Å². The van der Waals surface area contributed by atoms with Crippen LogP contribution in [-0.4, -0.2) is 11.8 Å². The maximum atomic E-state index is 12.5. The maximum Gasteiger partial charge on any atom is 0.239 e. The van der Waals surface area contributed by atoms with Gasteiger partial charge in [0.1, 0.15) is 5.41 Å². The molecule has 0 saturated heterocycles. The van der Waals surface area contributed by atoms with E-state index in [0.717, 1.165) is 0 Å². The molecule has 4 nitrogen and oxygen atoms in total. The van der Waals surface area contributed by atoms with Gasteiger partial charge < -0.3 is 10.6 Å². The molecule has 0 fully saturated rings. The zero-order valence-electron chi connectivity index (χ0n) is 12.7. The van der Waals surface area contributed by atoms with Crippen LogP contribution in [0.1, 0.15) is 13.8 Å². The smallest absolute Gasteiger partial charge is 0.239 e. The zero-order chi connectivity index (χ0) is 17.0. The Morgan fingerprint density at radius 3 is 1.91 bits per heavy atom. The quantitative estimate of drug-likeness (QED) is 0.791. The molecule has 0 radical (unpaired) electrons. The second kappa shape index (κ2) is 7.02. The van der Waals surface area contributed by atoms with Crippen molar-refractivity contribution in [3.63, 3.8) is 0 Å². The van der Waals surface area contributed by atoms with Crippen LogP contribution in [0.25, 0.3) is 0 Å². The highest BCUT2D eigenvalue weighted by Crippen LogP contribution is 2.31. The standard InChI is InChI=1S/C17H16Cl2N2O2/c1-17(2,15(22)20-11-7-4-3-5-8-11)16(23)21-14-12(18)9-6-10-13(14)19/h3-10H,1-2H3,(H,20,22)(H,21,23). The van der Waals surface area contributed by atoms with Crippen LogP contribution in [0.2, 0.25) is 10.0 Å². The molecule has 0 atom stereocenters. The summed E-state index contributed by atoms with van der Waals surface area (Å²) >= 11 is 12.1. The SMILES string of the molecule is CC(C)(C(=O)Nc1ccccc1)C(=O)Nc1c(Cl)cccc1Cl. The first-order chi connectivity index (χ1) is 10.8. The predicted molar refractivity (Wildman–Crippen MR) is 93.9 cm³/mol. The zero-order valence-corrected chi connectivity index (χ0v) is 14.2. The third-order valence-electron chi connectivity index (χ3n) is 3.37. The van der Waals surface area contributed by atoms with Crippen molar-refractivity contribution in [3.05, 3.63) is 58.6 Å². The molecule has 0 aliphatic heterocycles. The van der Waals surface area contributed by atoms with Gasteiger partial charge in [-0.1, -0.05) is 47.5 Å². The summed E-state index contributed by atoms with van der Waals surface area (Å²) in [7, 11) is 0. The number of hydrogen-bond donors (Lipinski definition) is 2. The van der Waals surface area contributed by atoms with Gasteiger partial charge in [0.25, 0.3) is 0 Å². The number of carbonyl (C=O) groups is 2. The van der Waals surface area contributed by atoms with Crippen LogP contribution in [0, 0.1) is 5.41 Å². The maximum absolute atomic E-state index is 12.5. The molecule has 0 spiro atoms. The summed E-state index contributed by atoms with van der Waals surface area (Å²) in [6.45, 7) is 3.07. The van der Waals surface area contributed by atoms with E-state index >= 15 is 0 Å². The largest absolute Gasteiger partial charge is 0.325 e. The Morgan fingerprint density at radius 2 is 1.35 bits per heavy atom. The van der Waals surface area contributed by atoms with Gasteiger partial charge in [-0.15, -0.1) is 0 Å². The number of nitrogens with one attached hydrogen (secondary N) is 2. The van der Waals surface area contributed by atoms with E-state index in [1.54, 1.807) is 42.5 Å². The number of benzene rings is 2. The Labute approximate surface area is 144 Å². The highest BCUT2D eigenvalue weighted by Gasteiger charge is 2.36. The minimum absolute atomic E-state index is 0.293. The molecule has 0 unspecified atom stereocenters. The average molecular weight is 351 g/mol. The average Bonchev–Trinajstić information content (AvgIpc) is 2.51. The molecule has 2 amide bonds. The highest BCUT2D eigenvalue weighted by atomic mass is 35.5. The highest BCUT2D eigenvalue weighted by molar-refractivity contribution is 6.40. The summed E-state index contributed by atoms with van der Waals surface area (Å²) in [5.74, 6) is -0.926. The van der Waals surface area contributed by atoms with Crippen LogP contribution in [0.4, 0.5) is 11.4 Å². The first kappa shape index (κ1) is 17.3. The van der Waals surface area contributed by atoms with Crippen molar-refractivity contribution in [2.75, 3.05) is 10.6 Å². The molecule has 120 valence electrons. The minimum atomic E-state index is -1.31. The van der Waals surface area contributed by atoms with Crippen molar-refractivity contribution in [3.8, 4) is 0 Å². The number of halogens is 2. The molecule has 2 N–H and O–H groups in total. The second-order valence-electron chi connectivity index (χ2n) is 5.50. The number of hydrogen-bond acceptors (Lipinski definition) is 2. The van der Waals surface area contributed by atoms with E-state index in [0.29, 0.717) is 21.4 Å². The molecular formula is C17H16Cl2N2O2. The van der Waals surface area contributed by atoms with Crippen LogP contribution in [0.15, 0.2) is 48.5 Å². The van der Waals surface area contributed by atoms with Crippen molar-refractivity contribution >= 4 is 46.4 Å². The van der Waals surface area contributed by atoms with Crippen molar-refractivity contribution in [2.45, 2.75) is 13.8 Å². The molecule has 2 rings (SSSR count). The molecule has 23 heavy (non-hydrogen) atoms. The van der Waals surface area contributed by atoms with Crippen LogP contribution >= 0.6 is 23.2 Å². The third-order valence-corrected chi connectivity index (χ3v) is 4.00. The van der Waals surface area contributed by atoms with Crippen LogP contribution in [-0.2, 0) is 9.59 Å². The summed E-state index contributed by atoms with van der Waals surface area (Å²) in [6, 6.07) is 13.8. The van der Waals surface area contributed by atoms with Crippen molar-refractivity contribution < 1.29 is 9.59 Å². The van der Waals surface area contributed by atoms with Crippen LogP contribution < -0.4 is 10.6 Å². The van der Waals surface area contributed by atoms with Gasteiger partial charge in [-0.3, -0.25) is 9.59 Å². The lowest BCUT2D eigenvalue weighted by molar-refractivity contribution is -0.135. The molecule has 0 aliphatic rings. The molecule has 2 aromatic carbocycles. The lowest BCUT2D eigenvalue weighted by atomic mass is 9.90. The Kier molecular flexibility index (Phi) is 5.29. The number of para-hydroxylation sites is 2. The second-order valence-corrected chi connectivity index (χ2v) is 6.31. The fraction of sp³-hybridized carbons (Fsp3) is 0.176. The van der Waals surface area contributed by atoms with Gasteiger partial charge in [0.2, 0.25) is 11.8 Å². The Morgan fingerprint density at radius 1 is 0.826 bits per heavy atom. The Hall–Kier alpha value is -2.04. The van der Waals surface area contributed by atoms with E-state index in [2.05, 4.69) is 10.6 Å². The number of anilines is 2. The topological polar surface area (TPSA) is 58.2 Å². The summed E-state index contributed by atoms with van der Waals surface area (Å²) in [6.07, 6.45) is 0. The molecule has 6 heteroatoms. The molecular weight excluding hydrogens is 335 g/mol. The van der Waals surface area contributed by atoms with Gasteiger partial charge >= 0.3 is 0 Å². The number of rotatable bonds is 4. The summed E-state index contributed by atoms with van der Waals surface area (Å²) in [5.41, 5.74) is -0.395. The molecule has 0 heterocycles. The van der Waals surface area contributed by atoms with E-state index < -0.39 is 17.2 Å². The minimum Gasteiger partial charge on any atom is -0.325 e. The van der Waals surface area contributed by atoms with Crippen LogP contribution in [0.5, 0.6) is 0 Å². The van der Waals surface area contributed by atoms with Gasteiger partial charge in [0.15, 0.2) is 0 Å². The summed E-state index contributed by atoms with van der Waals surface area (Å²) in [4.78, 5) is 24.9. The number of carbonyl (C=O) groups excluding carboxylic acids is 2. The van der Waals surface area contributed by atoms with Gasteiger partial charge in [0, 0.05) is 5.69 Å². The van der Waals surface area contributed by atoms with Gasteiger partial charge in [-0.2, -0.15) is 0 Å². The van der Waals surface area contributed by atoms with E-state index in [1.807, 2.05) is 6.07 Å². The Balaban J connectivity index is 2.15. The van der Waals surface area contributed by atoms with Crippen LogP contribution in [0.3, 0.4) is 0 Å². The molecule has 0 bridgehead atoms. The Bertz CT molecular complexity index is 710. The van der Waals surface area contributed by atoms with Crippen molar-refractivity contribution in [1.82, 2.24) is 0 Å². The van der Waals surface area contributed by atoms with Crippen molar-refractivity contribution in [1.29, 1.82) is 0 Å². The van der Waals surface area contributed by atoms with E-state index in [4.69, 9.17) is 23.2 Å². The van der Waals surface area contributed by atoms with Crippen molar-refractivity contribution in [2.24, 2.45) is 5.41 Å². The lowest BCUT2D eigenvalue weighted by Crippen LogP contribution is -2.41. The van der Waals surface area contributed by atoms with Gasteiger partial charge in [-0.05, 0) is 38.1 Å². The monoisotopic (exact) mass is 350 g/mol. The predicted octanol–water partition coefficient (Wildman–Crippen LogP) is 4.60. The first-order valence-electron chi connectivity index (χ1n) is 6.94. The van der Waals surface area contributed by atoms with E-state index in [-0.39, 0.29) is 0 Å². The van der Waals surface area contributed by atoms with E-state index in [1.165, 1.54) is 13.8 Å². The molecule has 2 aromatic rings. The molecule has 0 saturated carbocycles. The summed E-state index contributed by atoms with van der Waals surface area (Å²) < 4.78 is 0. The summed E-state index contributed by atoms with van der Waals surface area (Å²) in [5, 5.41) is 5.95. The lowest BCUT2D eigenvalue weighted by Gasteiger charge is -2.23.